The van der Waals surface area contributed by atoms with Crippen LogP contribution in [0.1, 0.15) is 18.1 Å². The van der Waals surface area contributed by atoms with E-state index < -0.39 is 0 Å². The van der Waals surface area contributed by atoms with Gasteiger partial charge < -0.3 is 5.73 Å². The molecule has 3 nitrogen and oxygen atoms in total. The summed E-state index contributed by atoms with van der Waals surface area (Å²) >= 11 is 0. The molecule has 2 aromatic rings. The lowest BCUT2D eigenvalue weighted by molar-refractivity contribution is 0.995. The van der Waals surface area contributed by atoms with Gasteiger partial charge in [-0.15, -0.1) is 0 Å². The zero-order valence-corrected chi connectivity index (χ0v) is 10.6. The smallest absolute Gasteiger partial charge is 0.0620 e. The lowest BCUT2D eigenvalue weighted by atomic mass is 10.1. The van der Waals surface area contributed by atoms with E-state index in [0.29, 0.717) is 6.54 Å². The van der Waals surface area contributed by atoms with Crippen molar-refractivity contribution in [3.05, 3.63) is 59.7 Å². The lowest BCUT2D eigenvalue weighted by Gasteiger charge is -2.23. The van der Waals surface area contributed by atoms with E-state index in [1.54, 1.807) is 5.01 Å². The van der Waals surface area contributed by atoms with Gasteiger partial charge in [-0.25, -0.2) is 5.84 Å². The third kappa shape index (κ3) is 2.37. The van der Waals surface area contributed by atoms with Crippen molar-refractivity contribution in [2.45, 2.75) is 19.9 Å². The standard InChI is InChI=1S/C15H19N3/c1-2-12-7-3-5-9-14(12)18(17)15-10-6-4-8-13(15)11-16/h3-10H,2,11,16-17H2,1H3. The predicted octanol–water partition coefficient (Wildman–Crippen LogP) is 2.72. The van der Waals surface area contributed by atoms with Crippen LogP contribution in [0.2, 0.25) is 0 Å². The highest BCUT2D eigenvalue weighted by molar-refractivity contribution is 5.67. The molecule has 0 heterocycles. The van der Waals surface area contributed by atoms with E-state index in [0.717, 1.165) is 23.4 Å². The van der Waals surface area contributed by atoms with Gasteiger partial charge in [0.25, 0.3) is 0 Å². The second-order valence-corrected chi connectivity index (χ2v) is 4.19. The van der Waals surface area contributed by atoms with Crippen molar-refractivity contribution in [3.8, 4) is 0 Å². The summed E-state index contributed by atoms with van der Waals surface area (Å²) in [4.78, 5) is 0. The molecule has 0 aromatic heterocycles. The molecule has 94 valence electrons. The SMILES string of the molecule is CCc1ccccc1N(N)c1ccccc1CN. The molecular weight excluding hydrogens is 222 g/mol. The molecule has 2 rings (SSSR count). The molecule has 0 aliphatic heterocycles. The lowest BCUT2D eigenvalue weighted by Crippen LogP contribution is -2.27. The van der Waals surface area contributed by atoms with Gasteiger partial charge in [0.05, 0.1) is 11.4 Å². The van der Waals surface area contributed by atoms with E-state index in [9.17, 15) is 0 Å². The fraction of sp³-hybridized carbons (Fsp3) is 0.200. The highest BCUT2D eigenvalue weighted by Crippen LogP contribution is 2.28. The van der Waals surface area contributed by atoms with E-state index in [1.807, 2.05) is 42.5 Å². The van der Waals surface area contributed by atoms with Crippen molar-refractivity contribution in [2.24, 2.45) is 11.6 Å². The van der Waals surface area contributed by atoms with Gasteiger partial charge in [-0.2, -0.15) is 0 Å². The summed E-state index contributed by atoms with van der Waals surface area (Å²) < 4.78 is 0. The minimum absolute atomic E-state index is 0.484. The first-order valence-corrected chi connectivity index (χ1v) is 6.18. The van der Waals surface area contributed by atoms with Crippen LogP contribution in [0.3, 0.4) is 0 Å². The van der Waals surface area contributed by atoms with Gasteiger partial charge in [-0.3, -0.25) is 5.01 Å². The number of nitrogens with two attached hydrogens (primary N) is 2. The minimum atomic E-state index is 0.484. The Morgan fingerprint density at radius 1 is 0.889 bits per heavy atom. The fourth-order valence-electron chi connectivity index (χ4n) is 2.09. The number of aryl methyl sites for hydroxylation is 1. The molecule has 0 atom stereocenters. The van der Waals surface area contributed by atoms with E-state index in [1.165, 1.54) is 5.56 Å². The summed E-state index contributed by atoms with van der Waals surface area (Å²) in [7, 11) is 0. The zero-order valence-electron chi connectivity index (χ0n) is 10.6. The van der Waals surface area contributed by atoms with Gasteiger partial charge >= 0.3 is 0 Å². The quantitative estimate of drug-likeness (QED) is 0.639. The Morgan fingerprint density at radius 3 is 1.94 bits per heavy atom. The maximum atomic E-state index is 6.25. The number of anilines is 2. The molecule has 18 heavy (non-hydrogen) atoms. The first-order chi connectivity index (χ1) is 8.77. The van der Waals surface area contributed by atoms with Crippen LogP contribution in [0, 0.1) is 0 Å². The predicted molar refractivity (Wildman–Crippen MR) is 76.5 cm³/mol. The summed E-state index contributed by atoms with van der Waals surface area (Å²) in [5.41, 5.74) is 10.0. The van der Waals surface area contributed by atoms with Gasteiger partial charge in [0.2, 0.25) is 0 Å². The minimum Gasteiger partial charge on any atom is -0.326 e. The zero-order chi connectivity index (χ0) is 13.0. The largest absolute Gasteiger partial charge is 0.326 e. The van der Waals surface area contributed by atoms with E-state index in [-0.39, 0.29) is 0 Å². The molecule has 0 saturated heterocycles. The van der Waals surface area contributed by atoms with Crippen molar-refractivity contribution in [3.63, 3.8) is 0 Å². The van der Waals surface area contributed by atoms with Crippen LogP contribution in [-0.2, 0) is 13.0 Å². The molecule has 0 amide bonds. The Bertz CT molecular complexity index is 475. The number of hydrogen-bond donors (Lipinski definition) is 2. The number of rotatable bonds is 4. The number of hydrogen-bond acceptors (Lipinski definition) is 3. The highest BCUT2D eigenvalue weighted by atomic mass is 15.4. The second kappa shape index (κ2) is 5.67. The number of hydrazine groups is 1. The van der Waals surface area contributed by atoms with Crippen LogP contribution in [0.25, 0.3) is 0 Å². The molecule has 2 aromatic carbocycles. The van der Waals surface area contributed by atoms with Gasteiger partial charge in [-0.1, -0.05) is 43.3 Å². The second-order valence-electron chi connectivity index (χ2n) is 4.19. The molecule has 0 bridgehead atoms. The van der Waals surface area contributed by atoms with E-state index in [2.05, 4.69) is 13.0 Å². The van der Waals surface area contributed by atoms with Crippen molar-refractivity contribution in [1.29, 1.82) is 0 Å². The summed E-state index contributed by atoms with van der Waals surface area (Å²) in [6.45, 7) is 2.61. The topological polar surface area (TPSA) is 55.3 Å². The first-order valence-electron chi connectivity index (χ1n) is 6.18. The van der Waals surface area contributed by atoms with Crippen LogP contribution in [0.15, 0.2) is 48.5 Å². The molecule has 0 saturated carbocycles. The van der Waals surface area contributed by atoms with Crippen molar-refractivity contribution in [2.75, 3.05) is 5.01 Å². The Kier molecular flexibility index (Phi) is 3.97. The van der Waals surface area contributed by atoms with Gasteiger partial charge in [0.1, 0.15) is 0 Å². The highest BCUT2D eigenvalue weighted by Gasteiger charge is 2.11. The summed E-state index contributed by atoms with van der Waals surface area (Å²) in [6, 6.07) is 16.1. The third-order valence-electron chi connectivity index (χ3n) is 3.10. The van der Waals surface area contributed by atoms with Crippen molar-refractivity contribution >= 4 is 11.4 Å². The fourth-order valence-corrected chi connectivity index (χ4v) is 2.09. The summed E-state index contributed by atoms with van der Waals surface area (Å²) in [6.07, 6.45) is 0.953. The van der Waals surface area contributed by atoms with Crippen molar-refractivity contribution in [1.82, 2.24) is 0 Å². The Balaban J connectivity index is 2.44. The molecule has 0 aliphatic carbocycles. The van der Waals surface area contributed by atoms with Crippen molar-refractivity contribution < 1.29 is 0 Å². The van der Waals surface area contributed by atoms with Gasteiger partial charge in [0, 0.05) is 6.54 Å². The number of benzene rings is 2. The van der Waals surface area contributed by atoms with E-state index in [4.69, 9.17) is 11.6 Å². The molecular formula is C15H19N3. The van der Waals surface area contributed by atoms with Crippen LogP contribution in [-0.4, -0.2) is 0 Å². The molecule has 0 unspecified atom stereocenters. The first kappa shape index (κ1) is 12.6. The number of nitrogens with zero attached hydrogens (tertiary/aromatic N) is 1. The van der Waals surface area contributed by atoms with Gasteiger partial charge in [0.15, 0.2) is 0 Å². The van der Waals surface area contributed by atoms with Crippen LogP contribution in [0.5, 0.6) is 0 Å². The van der Waals surface area contributed by atoms with Crippen LogP contribution in [0.4, 0.5) is 11.4 Å². The van der Waals surface area contributed by atoms with Crippen LogP contribution >= 0.6 is 0 Å². The average Bonchev–Trinajstić information content (AvgIpc) is 2.46. The van der Waals surface area contributed by atoms with Gasteiger partial charge in [-0.05, 0) is 29.7 Å². The van der Waals surface area contributed by atoms with E-state index >= 15 is 0 Å². The molecule has 3 heteroatoms. The average molecular weight is 241 g/mol. The normalized spacial score (nSPS) is 10.4. The Morgan fingerprint density at radius 2 is 1.39 bits per heavy atom. The molecule has 4 N–H and O–H groups in total. The maximum Gasteiger partial charge on any atom is 0.0620 e. The molecule has 0 fully saturated rings. The van der Waals surface area contributed by atoms with Crippen LogP contribution < -0.4 is 16.6 Å². The third-order valence-corrected chi connectivity index (χ3v) is 3.10. The maximum absolute atomic E-state index is 6.25. The summed E-state index contributed by atoms with van der Waals surface area (Å²) in [5, 5.41) is 1.72. The molecule has 0 spiro atoms. The molecule has 0 aliphatic rings. The monoisotopic (exact) mass is 241 g/mol. The summed E-state index contributed by atoms with van der Waals surface area (Å²) in [5.74, 6) is 6.25. The Hall–Kier alpha value is -1.84. The number of para-hydroxylation sites is 2. The molecule has 0 radical (unpaired) electrons. The Labute approximate surface area is 108 Å².